The molecule has 2 heterocycles. The molecule has 0 aliphatic rings. The maximum atomic E-state index is 12.7. The molecule has 8 heteroatoms. The SMILES string of the molecule is O=C(CCCCCn1c(=S)[nH]c2ccccc2c1=O)NCc1ccccc1Cn1cccn1. The summed E-state index contributed by atoms with van der Waals surface area (Å²) in [4.78, 5) is 28.1. The molecule has 0 bridgehead atoms. The second-order valence-electron chi connectivity index (χ2n) is 7.99. The van der Waals surface area contributed by atoms with Gasteiger partial charge in [-0.3, -0.25) is 18.8 Å². The first-order valence-electron chi connectivity index (χ1n) is 11.1. The molecule has 0 aliphatic heterocycles. The predicted molar refractivity (Wildman–Crippen MR) is 131 cm³/mol. The Morgan fingerprint density at radius 2 is 1.79 bits per heavy atom. The van der Waals surface area contributed by atoms with Crippen LogP contribution in [-0.2, 0) is 24.4 Å². The molecule has 0 atom stereocenters. The Morgan fingerprint density at radius 3 is 2.61 bits per heavy atom. The van der Waals surface area contributed by atoms with E-state index in [0.29, 0.717) is 36.2 Å². The van der Waals surface area contributed by atoms with Crippen LogP contribution < -0.4 is 10.9 Å². The summed E-state index contributed by atoms with van der Waals surface area (Å²) in [5.74, 6) is 0.0315. The number of para-hydroxylation sites is 1. The van der Waals surface area contributed by atoms with E-state index >= 15 is 0 Å². The van der Waals surface area contributed by atoms with Gasteiger partial charge in [0.2, 0.25) is 5.91 Å². The van der Waals surface area contributed by atoms with Crippen LogP contribution in [0.4, 0.5) is 0 Å². The molecule has 0 spiro atoms. The molecule has 0 fully saturated rings. The van der Waals surface area contributed by atoms with Crippen molar-refractivity contribution in [2.45, 2.75) is 45.3 Å². The van der Waals surface area contributed by atoms with Gasteiger partial charge in [-0.2, -0.15) is 5.10 Å². The lowest BCUT2D eigenvalue weighted by atomic mass is 10.1. The van der Waals surface area contributed by atoms with Crippen LogP contribution in [0.1, 0.15) is 36.8 Å². The van der Waals surface area contributed by atoms with Crippen molar-refractivity contribution in [3.63, 3.8) is 0 Å². The number of nitrogens with zero attached hydrogens (tertiary/aromatic N) is 3. The van der Waals surface area contributed by atoms with Crippen LogP contribution in [0.15, 0.2) is 71.8 Å². The molecule has 2 aromatic heterocycles. The first kappa shape index (κ1) is 22.7. The second kappa shape index (κ2) is 10.9. The summed E-state index contributed by atoms with van der Waals surface area (Å²) in [7, 11) is 0. The number of amides is 1. The summed E-state index contributed by atoms with van der Waals surface area (Å²) in [5, 5.41) is 7.91. The lowest BCUT2D eigenvalue weighted by molar-refractivity contribution is -0.121. The van der Waals surface area contributed by atoms with E-state index in [0.717, 1.165) is 35.9 Å². The van der Waals surface area contributed by atoms with Crippen molar-refractivity contribution < 1.29 is 4.79 Å². The largest absolute Gasteiger partial charge is 0.352 e. The normalized spacial score (nSPS) is 11.0. The fourth-order valence-corrected chi connectivity index (χ4v) is 4.15. The van der Waals surface area contributed by atoms with E-state index in [1.807, 2.05) is 53.3 Å². The number of carbonyl (C=O) groups is 1. The minimum absolute atomic E-state index is 0.0315. The van der Waals surface area contributed by atoms with Crippen molar-refractivity contribution in [2.75, 3.05) is 0 Å². The predicted octanol–water partition coefficient (Wildman–Crippen LogP) is 4.18. The van der Waals surface area contributed by atoms with Gasteiger partial charge in [0, 0.05) is 31.9 Å². The van der Waals surface area contributed by atoms with Crippen LogP contribution in [0.25, 0.3) is 10.9 Å². The molecule has 4 rings (SSSR count). The van der Waals surface area contributed by atoms with E-state index in [2.05, 4.69) is 21.5 Å². The van der Waals surface area contributed by atoms with Crippen molar-refractivity contribution in [1.82, 2.24) is 24.6 Å². The van der Waals surface area contributed by atoms with Crippen molar-refractivity contribution in [3.05, 3.63) is 93.2 Å². The minimum Gasteiger partial charge on any atom is -0.352 e. The van der Waals surface area contributed by atoms with Gasteiger partial charge < -0.3 is 10.3 Å². The van der Waals surface area contributed by atoms with Gasteiger partial charge in [-0.05, 0) is 54.4 Å². The standard InChI is InChI=1S/C25H27N5O2S/c31-23(26-17-19-9-3-4-10-20(19)18-29-15-8-14-27-29)13-2-1-7-16-30-24(32)21-11-5-6-12-22(21)28-25(30)33/h3-6,8-12,14-15H,1-2,7,13,16-18H2,(H,26,31)(H,28,33). The highest BCUT2D eigenvalue weighted by molar-refractivity contribution is 7.71. The molecule has 2 aromatic carbocycles. The van der Waals surface area contributed by atoms with Gasteiger partial charge in [0.25, 0.3) is 5.56 Å². The summed E-state index contributed by atoms with van der Waals surface area (Å²) in [6.07, 6.45) is 6.54. The Kier molecular flexibility index (Phi) is 7.47. The van der Waals surface area contributed by atoms with Crippen LogP contribution in [0.5, 0.6) is 0 Å². The van der Waals surface area contributed by atoms with Gasteiger partial charge >= 0.3 is 0 Å². The van der Waals surface area contributed by atoms with Crippen molar-refractivity contribution in [2.24, 2.45) is 0 Å². The van der Waals surface area contributed by atoms with Gasteiger partial charge in [-0.1, -0.05) is 42.8 Å². The Hall–Kier alpha value is -3.52. The molecular weight excluding hydrogens is 434 g/mol. The molecule has 170 valence electrons. The average molecular weight is 462 g/mol. The topological polar surface area (TPSA) is 84.7 Å². The van der Waals surface area contributed by atoms with Crippen LogP contribution >= 0.6 is 12.2 Å². The summed E-state index contributed by atoms with van der Waals surface area (Å²) < 4.78 is 3.91. The summed E-state index contributed by atoms with van der Waals surface area (Å²) in [5.41, 5.74) is 2.91. The molecule has 0 radical (unpaired) electrons. The summed E-state index contributed by atoms with van der Waals surface area (Å²) in [6.45, 7) is 1.72. The number of H-pyrrole nitrogens is 1. The van der Waals surface area contributed by atoms with E-state index in [-0.39, 0.29) is 11.5 Å². The lowest BCUT2D eigenvalue weighted by Crippen LogP contribution is -2.23. The Labute approximate surface area is 197 Å². The van der Waals surface area contributed by atoms with Crippen LogP contribution in [0.2, 0.25) is 0 Å². The van der Waals surface area contributed by atoms with Gasteiger partial charge in [0.15, 0.2) is 4.77 Å². The number of fused-ring (bicyclic) bond motifs is 1. The van der Waals surface area contributed by atoms with E-state index in [1.54, 1.807) is 16.8 Å². The Balaban J connectivity index is 1.22. The molecule has 7 nitrogen and oxygen atoms in total. The highest BCUT2D eigenvalue weighted by Crippen LogP contribution is 2.11. The zero-order valence-electron chi connectivity index (χ0n) is 18.4. The van der Waals surface area contributed by atoms with Gasteiger partial charge in [-0.25, -0.2) is 0 Å². The fourth-order valence-electron chi connectivity index (χ4n) is 3.87. The van der Waals surface area contributed by atoms with Crippen molar-refractivity contribution in [3.8, 4) is 0 Å². The highest BCUT2D eigenvalue weighted by Gasteiger charge is 2.07. The maximum absolute atomic E-state index is 12.7. The third kappa shape index (κ3) is 5.84. The Bertz CT molecular complexity index is 1340. The number of rotatable bonds is 10. The summed E-state index contributed by atoms with van der Waals surface area (Å²) >= 11 is 5.35. The molecule has 1 amide bonds. The zero-order valence-corrected chi connectivity index (χ0v) is 19.2. The van der Waals surface area contributed by atoms with E-state index < -0.39 is 0 Å². The molecule has 0 saturated heterocycles. The summed E-state index contributed by atoms with van der Waals surface area (Å²) in [6, 6.07) is 17.3. The molecule has 2 N–H and O–H groups in total. The van der Waals surface area contributed by atoms with E-state index in [1.165, 1.54) is 0 Å². The molecule has 33 heavy (non-hydrogen) atoms. The monoisotopic (exact) mass is 461 g/mol. The van der Waals surface area contributed by atoms with Crippen molar-refractivity contribution >= 4 is 29.0 Å². The quantitative estimate of drug-likeness (QED) is 0.274. The number of nitrogens with one attached hydrogen (secondary N) is 2. The second-order valence-corrected chi connectivity index (χ2v) is 8.38. The van der Waals surface area contributed by atoms with Gasteiger partial charge in [0.05, 0.1) is 17.4 Å². The molecule has 4 aromatic rings. The van der Waals surface area contributed by atoms with E-state index in [4.69, 9.17) is 12.2 Å². The average Bonchev–Trinajstić information content (AvgIpc) is 3.33. The lowest BCUT2D eigenvalue weighted by Gasteiger charge is -2.11. The Morgan fingerprint density at radius 1 is 1.00 bits per heavy atom. The number of benzene rings is 2. The highest BCUT2D eigenvalue weighted by atomic mass is 32.1. The van der Waals surface area contributed by atoms with Gasteiger partial charge in [-0.15, -0.1) is 0 Å². The minimum atomic E-state index is -0.0686. The fraction of sp³-hybridized carbons (Fsp3) is 0.280. The number of hydrogen-bond donors (Lipinski definition) is 2. The first-order valence-corrected chi connectivity index (χ1v) is 11.6. The zero-order chi connectivity index (χ0) is 23.0. The third-order valence-electron chi connectivity index (χ3n) is 5.66. The van der Waals surface area contributed by atoms with Crippen LogP contribution in [0, 0.1) is 4.77 Å². The molecule has 0 saturated carbocycles. The first-order chi connectivity index (χ1) is 16.1. The maximum Gasteiger partial charge on any atom is 0.262 e. The third-order valence-corrected chi connectivity index (χ3v) is 5.98. The van der Waals surface area contributed by atoms with Crippen molar-refractivity contribution in [1.29, 1.82) is 0 Å². The molecule has 0 aliphatic carbocycles. The van der Waals surface area contributed by atoms with E-state index in [9.17, 15) is 9.59 Å². The number of hydrogen-bond acceptors (Lipinski definition) is 4. The molecular formula is C25H27N5O2S. The smallest absolute Gasteiger partial charge is 0.262 e. The van der Waals surface area contributed by atoms with Gasteiger partial charge in [0.1, 0.15) is 0 Å². The number of unbranched alkanes of at least 4 members (excludes halogenated alkanes) is 2. The number of aromatic nitrogens is 4. The number of aromatic amines is 1. The molecule has 0 unspecified atom stereocenters. The number of carbonyl (C=O) groups excluding carboxylic acids is 1. The van der Waals surface area contributed by atoms with Crippen LogP contribution in [-0.4, -0.2) is 25.2 Å². The van der Waals surface area contributed by atoms with Crippen LogP contribution in [0.3, 0.4) is 0 Å².